The van der Waals surface area contributed by atoms with Crippen molar-refractivity contribution in [1.82, 2.24) is 15.2 Å². The predicted molar refractivity (Wildman–Crippen MR) is 137 cm³/mol. The van der Waals surface area contributed by atoms with E-state index in [1.165, 1.54) is 24.1 Å². The van der Waals surface area contributed by atoms with Crippen LogP contribution < -0.4 is 10.6 Å². The molecule has 3 amide bonds. The van der Waals surface area contributed by atoms with Crippen LogP contribution in [0, 0.1) is 0 Å². The lowest BCUT2D eigenvalue weighted by Gasteiger charge is -2.22. The molecule has 0 fully saturated rings. The van der Waals surface area contributed by atoms with Gasteiger partial charge in [-0.2, -0.15) is 13.2 Å². The highest BCUT2D eigenvalue weighted by Crippen LogP contribution is 2.29. The van der Waals surface area contributed by atoms with Crippen LogP contribution in [0.3, 0.4) is 0 Å². The van der Waals surface area contributed by atoms with Crippen molar-refractivity contribution in [2.24, 2.45) is 0 Å². The van der Waals surface area contributed by atoms with E-state index in [-0.39, 0.29) is 48.4 Å². The molecule has 1 aromatic heterocycles. The molecular weight excluding hydrogens is 545 g/mol. The molecule has 0 unspecified atom stereocenters. The third-order valence-corrected chi connectivity index (χ3v) is 6.31. The molecule has 0 saturated heterocycles. The van der Waals surface area contributed by atoms with Gasteiger partial charge in [0.05, 0.1) is 34.9 Å². The number of methoxy groups -OCH3 is 1. The highest BCUT2D eigenvalue weighted by molar-refractivity contribution is 7.13. The molecule has 38 heavy (non-hydrogen) atoms. The average Bonchev–Trinajstić information content (AvgIpc) is 3.31. The van der Waals surface area contributed by atoms with Crippen molar-refractivity contribution in [3.63, 3.8) is 0 Å². The van der Waals surface area contributed by atoms with Crippen LogP contribution in [0.5, 0.6) is 0 Å². The number of aromatic nitrogens is 1. The zero-order chi connectivity index (χ0) is 27.7. The van der Waals surface area contributed by atoms with Crippen molar-refractivity contribution < 1.29 is 32.3 Å². The molecule has 0 aliphatic rings. The Hall–Kier alpha value is -3.48. The molecule has 3 rings (SSSR count). The van der Waals surface area contributed by atoms with Gasteiger partial charge in [-0.1, -0.05) is 35.9 Å². The predicted octanol–water partition coefficient (Wildman–Crippen LogP) is 4.40. The number of carbonyl (C=O) groups is 3. The second kappa shape index (κ2) is 13.4. The molecule has 0 spiro atoms. The van der Waals surface area contributed by atoms with E-state index in [1.807, 2.05) is 0 Å². The Balaban J connectivity index is 1.54. The first kappa shape index (κ1) is 29.1. The van der Waals surface area contributed by atoms with Gasteiger partial charge in [-0.05, 0) is 29.8 Å². The minimum Gasteiger partial charge on any atom is -0.383 e. The van der Waals surface area contributed by atoms with E-state index >= 15 is 0 Å². The molecular formula is C25H24ClF3N4O4S. The molecule has 2 N–H and O–H groups in total. The van der Waals surface area contributed by atoms with Gasteiger partial charge in [0.1, 0.15) is 6.54 Å². The van der Waals surface area contributed by atoms with Crippen molar-refractivity contribution >= 4 is 45.8 Å². The van der Waals surface area contributed by atoms with Crippen LogP contribution >= 0.6 is 22.9 Å². The first-order valence-electron chi connectivity index (χ1n) is 11.3. The summed E-state index contributed by atoms with van der Waals surface area (Å²) < 4.78 is 43.6. The number of benzene rings is 2. The zero-order valence-corrected chi connectivity index (χ0v) is 21.8. The minimum absolute atomic E-state index is 0.0761. The van der Waals surface area contributed by atoms with Crippen LogP contribution in [-0.2, 0) is 33.5 Å². The van der Waals surface area contributed by atoms with E-state index in [2.05, 4.69) is 15.6 Å². The number of thiazole rings is 1. The van der Waals surface area contributed by atoms with Crippen LogP contribution in [0.15, 0.2) is 53.9 Å². The standard InChI is InChI=1S/C25H24ClF3N4O4S/c1-37-10-9-33(23(36)19-7-2-3-8-20(19)26)14-22(35)32-24-31-18(15-38-24)12-21(34)30-13-16-5-4-6-17(11-16)25(27,28)29/h2-8,11,15H,9-10,12-14H2,1H3,(H,30,34)(H,31,32,35). The average molecular weight is 569 g/mol. The molecule has 1 heterocycles. The van der Waals surface area contributed by atoms with Gasteiger partial charge in [-0.25, -0.2) is 4.98 Å². The molecule has 0 bridgehead atoms. The lowest BCUT2D eigenvalue weighted by Crippen LogP contribution is -2.40. The molecule has 0 atom stereocenters. The Morgan fingerprint density at radius 3 is 2.58 bits per heavy atom. The van der Waals surface area contributed by atoms with Crippen molar-refractivity contribution in [1.29, 1.82) is 0 Å². The summed E-state index contributed by atoms with van der Waals surface area (Å²) in [5.41, 5.74) is 0.142. The van der Waals surface area contributed by atoms with E-state index < -0.39 is 29.5 Å². The van der Waals surface area contributed by atoms with Crippen LogP contribution in [0.1, 0.15) is 27.2 Å². The summed E-state index contributed by atoms with van der Waals surface area (Å²) in [4.78, 5) is 43.3. The fourth-order valence-corrected chi connectivity index (χ4v) is 4.26. The number of alkyl halides is 3. The summed E-state index contributed by atoms with van der Waals surface area (Å²) in [6.07, 6.45) is -4.60. The third kappa shape index (κ3) is 8.54. The van der Waals surface area contributed by atoms with Crippen LogP contribution in [0.25, 0.3) is 0 Å². The molecule has 8 nitrogen and oxygen atoms in total. The van der Waals surface area contributed by atoms with Crippen molar-refractivity contribution in [3.05, 3.63) is 81.3 Å². The van der Waals surface area contributed by atoms with Crippen LogP contribution in [0.2, 0.25) is 5.02 Å². The topological polar surface area (TPSA) is 101 Å². The quantitative estimate of drug-likeness (QED) is 0.357. The Morgan fingerprint density at radius 2 is 1.87 bits per heavy atom. The van der Waals surface area contributed by atoms with Crippen molar-refractivity contribution in [2.45, 2.75) is 19.1 Å². The molecule has 0 aliphatic carbocycles. The molecule has 202 valence electrons. The normalized spacial score (nSPS) is 11.2. The smallest absolute Gasteiger partial charge is 0.383 e. The monoisotopic (exact) mass is 568 g/mol. The van der Waals surface area contributed by atoms with Gasteiger partial charge < -0.3 is 20.3 Å². The maximum absolute atomic E-state index is 12.9. The maximum atomic E-state index is 12.9. The number of carbonyl (C=O) groups excluding carboxylic acids is 3. The highest BCUT2D eigenvalue weighted by Gasteiger charge is 2.30. The zero-order valence-electron chi connectivity index (χ0n) is 20.2. The lowest BCUT2D eigenvalue weighted by atomic mass is 10.1. The summed E-state index contributed by atoms with van der Waals surface area (Å²) >= 11 is 7.22. The van der Waals surface area contributed by atoms with Crippen LogP contribution in [0.4, 0.5) is 18.3 Å². The number of hydrogen-bond donors (Lipinski definition) is 2. The van der Waals surface area contributed by atoms with Gasteiger partial charge in [0.2, 0.25) is 11.8 Å². The van der Waals surface area contributed by atoms with Gasteiger partial charge in [0.15, 0.2) is 5.13 Å². The SMILES string of the molecule is COCCN(CC(=O)Nc1nc(CC(=O)NCc2cccc(C(F)(F)F)c2)cs1)C(=O)c1ccccc1Cl. The Bertz CT molecular complexity index is 1290. The molecule has 0 saturated carbocycles. The molecule has 3 aromatic rings. The summed E-state index contributed by atoms with van der Waals surface area (Å²) in [6.45, 7) is 0.0106. The first-order chi connectivity index (χ1) is 18.1. The number of ether oxygens (including phenoxy) is 1. The van der Waals surface area contributed by atoms with Gasteiger partial charge in [0, 0.05) is 25.6 Å². The fourth-order valence-electron chi connectivity index (χ4n) is 3.32. The summed E-state index contributed by atoms with van der Waals surface area (Å²) in [6, 6.07) is 11.2. The number of halogens is 4. The first-order valence-corrected chi connectivity index (χ1v) is 12.5. The van der Waals surface area contributed by atoms with Gasteiger partial charge in [0.25, 0.3) is 5.91 Å². The Labute approximate surface area is 225 Å². The summed E-state index contributed by atoms with van der Waals surface area (Å²) in [5.74, 6) is -1.38. The number of nitrogens with zero attached hydrogens (tertiary/aromatic N) is 2. The number of hydrogen-bond acceptors (Lipinski definition) is 6. The molecule has 13 heteroatoms. The number of nitrogens with one attached hydrogen (secondary N) is 2. The molecule has 0 radical (unpaired) electrons. The summed E-state index contributed by atoms with van der Waals surface area (Å²) in [7, 11) is 1.48. The number of amides is 3. The number of rotatable bonds is 11. The van der Waals surface area contributed by atoms with Gasteiger partial charge in [-0.15, -0.1) is 11.3 Å². The van der Waals surface area contributed by atoms with Crippen LogP contribution in [-0.4, -0.2) is 54.4 Å². The number of anilines is 1. The second-order valence-electron chi connectivity index (χ2n) is 8.04. The highest BCUT2D eigenvalue weighted by atomic mass is 35.5. The van der Waals surface area contributed by atoms with E-state index in [9.17, 15) is 27.6 Å². The lowest BCUT2D eigenvalue weighted by molar-refractivity contribution is -0.137. The Kier molecular flexibility index (Phi) is 10.2. The van der Waals surface area contributed by atoms with E-state index in [0.717, 1.165) is 23.5 Å². The van der Waals surface area contributed by atoms with E-state index in [0.29, 0.717) is 11.3 Å². The Morgan fingerprint density at radius 1 is 1.11 bits per heavy atom. The van der Waals surface area contributed by atoms with Gasteiger partial charge in [-0.3, -0.25) is 14.4 Å². The van der Waals surface area contributed by atoms with Crippen molar-refractivity contribution in [2.75, 3.05) is 32.1 Å². The fraction of sp³-hybridized carbons (Fsp3) is 0.280. The largest absolute Gasteiger partial charge is 0.416 e. The molecule has 2 aromatic carbocycles. The van der Waals surface area contributed by atoms with Gasteiger partial charge >= 0.3 is 6.18 Å². The maximum Gasteiger partial charge on any atom is 0.416 e. The third-order valence-electron chi connectivity index (χ3n) is 5.18. The minimum atomic E-state index is -4.47. The summed E-state index contributed by atoms with van der Waals surface area (Å²) in [5, 5.41) is 7.23. The van der Waals surface area contributed by atoms with E-state index in [1.54, 1.807) is 29.6 Å². The van der Waals surface area contributed by atoms with Crippen molar-refractivity contribution in [3.8, 4) is 0 Å². The van der Waals surface area contributed by atoms with E-state index in [4.69, 9.17) is 16.3 Å². The molecule has 0 aliphatic heterocycles. The second-order valence-corrected chi connectivity index (χ2v) is 9.31.